The molecule has 0 aliphatic heterocycles. The smallest absolute Gasteiger partial charge is 0.305 e. The summed E-state index contributed by atoms with van der Waals surface area (Å²) in [7, 11) is -0.592. The molecule has 0 aliphatic carbocycles. The van der Waals surface area contributed by atoms with E-state index in [4.69, 9.17) is 9.84 Å². The normalized spacial score (nSPS) is 13.3. The topological polar surface area (TPSA) is 113 Å². The van der Waals surface area contributed by atoms with Crippen LogP contribution in [-0.2, 0) is 26.0 Å². The summed E-state index contributed by atoms with van der Waals surface area (Å²) in [6, 6.07) is 17.2. The number of ether oxygens (including phenoxy) is 1. The Balaban J connectivity index is 1.92. The van der Waals surface area contributed by atoms with Gasteiger partial charge in [0.15, 0.2) is 0 Å². The molecule has 8 nitrogen and oxygen atoms in total. The first-order chi connectivity index (χ1) is 16.1. The number of carbonyl (C=O) groups is 2. The lowest BCUT2D eigenvalue weighted by Gasteiger charge is -2.22. The van der Waals surface area contributed by atoms with Crippen molar-refractivity contribution in [1.82, 2.24) is 4.72 Å². The number of rotatable bonds is 11. The minimum atomic E-state index is -4.23. The second-order valence-electron chi connectivity index (χ2n) is 8.26. The number of aldehydes is 1. The quantitative estimate of drug-likeness (QED) is 0.402. The summed E-state index contributed by atoms with van der Waals surface area (Å²) in [5.41, 5.74) is 1.79. The minimum Gasteiger partial charge on any atom is -0.489 e. The number of fused-ring (bicyclic) bond motifs is 1. The molecule has 3 aromatic carbocycles. The van der Waals surface area contributed by atoms with Gasteiger partial charge in [-0.2, -0.15) is 0 Å². The molecule has 0 aliphatic rings. The molecule has 2 atom stereocenters. The number of hydrogen-bond acceptors (Lipinski definition) is 6. The lowest BCUT2D eigenvalue weighted by atomic mass is 10.0. The summed E-state index contributed by atoms with van der Waals surface area (Å²) in [4.78, 5) is 23.8. The van der Waals surface area contributed by atoms with Crippen molar-refractivity contribution in [3.05, 3.63) is 66.2 Å². The van der Waals surface area contributed by atoms with Gasteiger partial charge in [0.05, 0.1) is 12.5 Å². The summed E-state index contributed by atoms with van der Waals surface area (Å²) < 4.78 is 34.4. The van der Waals surface area contributed by atoms with E-state index in [1.165, 1.54) is 6.07 Å². The van der Waals surface area contributed by atoms with Crippen LogP contribution >= 0.6 is 0 Å². The maximum absolute atomic E-state index is 13.0. The van der Waals surface area contributed by atoms with Crippen molar-refractivity contribution in [3.8, 4) is 5.75 Å². The molecule has 0 saturated heterocycles. The van der Waals surface area contributed by atoms with E-state index in [1.54, 1.807) is 12.1 Å². The number of nitrogens with one attached hydrogen (secondary N) is 1. The van der Waals surface area contributed by atoms with Gasteiger partial charge in [-0.15, -0.1) is 0 Å². The molecular weight excluding hydrogens is 456 g/mol. The van der Waals surface area contributed by atoms with E-state index in [9.17, 15) is 18.0 Å². The van der Waals surface area contributed by atoms with E-state index in [0.717, 1.165) is 22.0 Å². The Labute approximate surface area is 199 Å². The summed E-state index contributed by atoms with van der Waals surface area (Å²) in [5, 5.41) is 11.1. The van der Waals surface area contributed by atoms with Crippen molar-refractivity contribution < 1.29 is 27.9 Å². The van der Waals surface area contributed by atoms with Gasteiger partial charge < -0.3 is 19.5 Å². The first-order valence-electron chi connectivity index (χ1n) is 10.7. The summed E-state index contributed by atoms with van der Waals surface area (Å²) in [6.07, 6.45) is -0.232. The van der Waals surface area contributed by atoms with Crippen molar-refractivity contribution in [2.75, 3.05) is 19.0 Å². The van der Waals surface area contributed by atoms with Crippen molar-refractivity contribution in [3.63, 3.8) is 0 Å². The molecule has 0 spiro atoms. The van der Waals surface area contributed by atoms with Crippen LogP contribution in [0.25, 0.3) is 10.8 Å². The van der Waals surface area contributed by atoms with E-state index in [2.05, 4.69) is 4.72 Å². The second-order valence-corrected chi connectivity index (χ2v) is 9.94. The Hall–Kier alpha value is -3.43. The first kappa shape index (κ1) is 25.2. The molecule has 2 N–H and O–H groups in total. The Morgan fingerprint density at radius 3 is 2.50 bits per heavy atom. The van der Waals surface area contributed by atoms with Gasteiger partial charge in [-0.3, -0.25) is 4.79 Å². The molecule has 34 heavy (non-hydrogen) atoms. The SMILES string of the molecule is CC(Cc1cccc2ccccc12)Oc1cc(N(C)C)ccc1S(=O)(=O)NC(C=O)CC(=O)O. The lowest BCUT2D eigenvalue weighted by molar-refractivity contribution is -0.138. The highest BCUT2D eigenvalue weighted by Crippen LogP contribution is 2.31. The maximum atomic E-state index is 13.0. The molecule has 0 fully saturated rings. The number of carboxylic acids is 1. The van der Waals surface area contributed by atoms with E-state index in [-0.39, 0.29) is 23.0 Å². The molecule has 3 aromatic rings. The van der Waals surface area contributed by atoms with Crippen molar-refractivity contribution in [2.45, 2.75) is 36.8 Å². The second kappa shape index (κ2) is 10.7. The number of hydrogen-bond donors (Lipinski definition) is 2. The zero-order valence-electron chi connectivity index (χ0n) is 19.3. The molecular formula is C25H28N2O6S. The van der Waals surface area contributed by atoms with Crippen LogP contribution in [0.15, 0.2) is 65.6 Å². The zero-order valence-corrected chi connectivity index (χ0v) is 20.1. The fourth-order valence-electron chi connectivity index (χ4n) is 3.70. The first-order valence-corrected chi connectivity index (χ1v) is 12.2. The molecule has 2 unspecified atom stereocenters. The number of benzene rings is 3. The Morgan fingerprint density at radius 1 is 1.12 bits per heavy atom. The third-order valence-corrected chi connectivity index (χ3v) is 6.84. The molecule has 0 aromatic heterocycles. The lowest BCUT2D eigenvalue weighted by Crippen LogP contribution is -2.37. The van der Waals surface area contributed by atoms with E-state index in [0.29, 0.717) is 6.42 Å². The fraction of sp³-hybridized carbons (Fsp3) is 0.280. The average Bonchev–Trinajstić information content (AvgIpc) is 2.78. The van der Waals surface area contributed by atoms with Crippen molar-refractivity contribution in [1.29, 1.82) is 0 Å². The van der Waals surface area contributed by atoms with Crippen LogP contribution in [0.3, 0.4) is 0 Å². The fourth-order valence-corrected chi connectivity index (χ4v) is 4.98. The molecule has 3 rings (SSSR count). The van der Waals surface area contributed by atoms with E-state index >= 15 is 0 Å². The van der Waals surface area contributed by atoms with Crippen LogP contribution in [0, 0.1) is 0 Å². The van der Waals surface area contributed by atoms with Gasteiger partial charge in [0.2, 0.25) is 10.0 Å². The third kappa shape index (κ3) is 6.12. The molecule has 0 heterocycles. The van der Waals surface area contributed by atoms with Gasteiger partial charge in [-0.25, -0.2) is 13.1 Å². The number of sulfonamides is 1. The molecule has 0 amide bonds. The average molecular weight is 485 g/mol. The molecule has 0 radical (unpaired) electrons. The Morgan fingerprint density at radius 2 is 1.82 bits per heavy atom. The predicted octanol–water partition coefficient (Wildman–Crippen LogP) is 3.24. The number of anilines is 1. The van der Waals surface area contributed by atoms with Crippen molar-refractivity contribution in [2.24, 2.45) is 0 Å². The van der Waals surface area contributed by atoms with Crippen LogP contribution in [-0.4, -0.2) is 52.0 Å². The van der Waals surface area contributed by atoms with Crippen LogP contribution < -0.4 is 14.4 Å². The van der Waals surface area contributed by atoms with Crippen LogP contribution in [0.4, 0.5) is 5.69 Å². The Bertz CT molecular complexity index is 1280. The van der Waals surface area contributed by atoms with Gasteiger partial charge in [0, 0.05) is 32.3 Å². The number of carboxylic acid groups (broad SMARTS) is 1. The highest BCUT2D eigenvalue weighted by molar-refractivity contribution is 7.89. The third-order valence-electron chi connectivity index (χ3n) is 5.31. The molecule has 180 valence electrons. The predicted molar refractivity (Wildman–Crippen MR) is 131 cm³/mol. The van der Waals surface area contributed by atoms with Crippen LogP contribution in [0.1, 0.15) is 18.9 Å². The van der Waals surface area contributed by atoms with Crippen LogP contribution in [0.5, 0.6) is 5.75 Å². The molecule has 0 bridgehead atoms. The molecule has 9 heteroatoms. The van der Waals surface area contributed by atoms with Gasteiger partial charge >= 0.3 is 5.97 Å². The van der Waals surface area contributed by atoms with Crippen LogP contribution in [0.2, 0.25) is 0 Å². The maximum Gasteiger partial charge on any atom is 0.305 e. The number of carbonyl (C=O) groups excluding carboxylic acids is 1. The van der Waals surface area contributed by atoms with E-state index in [1.807, 2.05) is 68.4 Å². The standard InChI is InChI=1S/C25H28N2O6S/c1-17(13-19-9-6-8-18-7-4-5-10-22(18)19)33-23-15-21(27(2)3)11-12-24(23)34(31,32)26-20(16-28)14-25(29)30/h4-12,15-17,20,26H,13-14H2,1-3H3,(H,29,30). The molecule has 0 saturated carbocycles. The van der Waals surface area contributed by atoms with E-state index < -0.39 is 28.5 Å². The van der Waals surface area contributed by atoms with Gasteiger partial charge in [-0.1, -0.05) is 42.5 Å². The highest BCUT2D eigenvalue weighted by Gasteiger charge is 2.26. The zero-order chi connectivity index (χ0) is 24.9. The van der Waals surface area contributed by atoms with Gasteiger partial charge in [0.1, 0.15) is 23.0 Å². The van der Waals surface area contributed by atoms with Gasteiger partial charge in [-0.05, 0) is 35.4 Å². The van der Waals surface area contributed by atoms with Crippen molar-refractivity contribution >= 4 is 38.7 Å². The Kier molecular flexibility index (Phi) is 7.90. The highest BCUT2D eigenvalue weighted by atomic mass is 32.2. The minimum absolute atomic E-state index is 0.117. The van der Waals surface area contributed by atoms with Gasteiger partial charge in [0.25, 0.3) is 0 Å². The largest absolute Gasteiger partial charge is 0.489 e. The summed E-state index contributed by atoms with van der Waals surface area (Å²) in [6.45, 7) is 1.85. The summed E-state index contributed by atoms with van der Waals surface area (Å²) >= 11 is 0. The number of nitrogens with zero attached hydrogens (tertiary/aromatic N) is 1. The monoisotopic (exact) mass is 484 g/mol. The summed E-state index contributed by atoms with van der Waals surface area (Å²) in [5.74, 6) is -1.17. The number of aliphatic carboxylic acids is 1.